The smallest absolute Gasteiger partial charge is 0.357 e. The lowest BCUT2D eigenvalue weighted by molar-refractivity contribution is -0.141. The predicted molar refractivity (Wildman–Crippen MR) is 54.2 cm³/mol. The van der Waals surface area contributed by atoms with Gasteiger partial charge < -0.3 is 10.3 Å². The maximum absolute atomic E-state index is 11.8. The van der Waals surface area contributed by atoms with Crippen molar-refractivity contribution in [1.29, 1.82) is 0 Å². The number of hydrogen-bond acceptors (Lipinski definition) is 3. The molecule has 1 unspecified atom stereocenters. The number of fused-ring (bicyclic) bond motifs is 1. The van der Waals surface area contributed by atoms with Crippen LogP contribution >= 0.6 is 0 Å². The van der Waals surface area contributed by atoms with E-state index in [1.807, 2.05) is 0 Å². The van der Waals surface area contributed by atoms with Crippen LogP contribution in [0.15, 0.2) is 24.3 Å². The standard InChI is InChI=1S/C11H8N2O3/c1-16-11(15)8-6-4-2-3-5-7(6)10(14)9(8)13-12/h2-5,8H,1H3. The third-order valence-corrected chi connectivity index (χ3v) is 2.57. The Morgan fingerprint density at radius 2 is 2.12 bits per heavy atom. The van der Waals surface area contributed by atoms with E-state index in [1.54, 1.807) is 24.3 Å². The van der Waals surface area contributed by atoms with E-state index in [2.05, 4.69) is 9.53 Å². The summed E-state index contributed by atoms with van der Waals surface area (Å²) in [4.78, 5) is 26.2. The number of ether oxygens (including phenoxy) is 1. The highest BCUT2D eigenvalue weighted by Crippen LogP contribution is 2.30. The Morgan fingerprint density at radius 1 is 1.44 bits per heavy atom. The predicted octanol–water partition coefficient (Wildman–Crippen LogP) is 0.810. The molecule has 0 bridgehead atoms. The van der Waals surface area contributed by atoms with Crippen LogP contribution in [-0.2, 0) is 9.53 Å². The quantitative estimate of drug-likeness (QED) is 0.396. The number of hydrogen-bond donors (Lipinski definition) is 0. The summed E-state index contributed by atoms with van der Waals surface area (Å²) in [5.41, 5.74) is 9.50. The molecule has 0 amide bonds. The first kappa shape index (κ1) is 10.3. The molecule has 1 aliphatic rings. The van der Waals surface area contributed by atoms with E-state index >= 15 is 0 Å². The van der Waals surface area contributed by atoms with Gasteiger partial charge in [0.25, 0.3) is 5.78 Å². The molecule has 0 aromatic heterocycles. The number of methoxy groups -OCH3 is 1. The molecule has 5 heteroatoms. The molecule has 2 rings (SSSR count). The third kappa shape index (κ3) is 1.26. The molecule has 1 aliphatic carbocycles. The van der Waals surface area contributed by atoms with E-state index in [0.717, 1.165) is 0 Å². The highest BCUT2D eigenvalue weighted by atomic mass is 16.5. The van der Waals surface area contributed by atoms with Crippen molar-refractivity contribution in [2.24, 2.45) is 0 Å². The van der Waals surface area contributed by atoms with E-state index in [1.165, 1.54) is 7.11 Å². The third-order valence-electron chi connectivity index (χ3n) is 2.57. The van der Waals surface area contributed by atoms with Crippen molar-refractivity contribution in [3.8, 4) is 0 Å². The number of carbonyl (C=O) groups excluding carboxylic acids is 2. The van der Waals surface area contributed by atoms with E-state index in [-0.39, 0.29) is 5.71 Å². The number of rotatable bonds is 1. The van der Waals surface area contributed by atoms with Crippen molar-refractivity contribution < 1.29 is 19.1 Å². The molecule has 0 saturated heterocycles. The molecule has 5 nitrogen and oxygen atoms in total. The van der Waals surface area contributed by atoms with Gasteiger partial charge in [-0.1, -0.05) is 24.3 Å². The van der Waals surface area contributed by atoms with Crippen molar-refractivity contribution >= 4 is 17.5 Å². The summed E-state index contributed by atoms with van der Waals surface area (Å²) in [6, 6.07) is 6.63. The van der Waals surface area contributed by atoms with E-state index in [4.69, 9.17) is 5.53 Å². The lowest BCUT2D eigenvalue weighted by Gasteiger charge is -2.03. The van der Waals surface area contributed by atoms with Crippen molar-refractivity contribution in [2.75, 3.05) is 7.11 Å². The van der Waals surface area contributed by atoms with Gasteiger partial charge in [-0.25, -0.2) is 0 Å². The van der Waals surface area contributed by atoms with E-state index in [0.29, 0.717) is 11.1 Å². The van der Waals surface area contributed by atoms with Gasteiger partial charge in [-0.2, -0.15) is 4.79 Å². The molecule has 0 aliphatic heterocycles. The minimum Gasteiger partial charge on any atom is -0.468 e. The number of nitrogens with zero attached hydrogens (tertiary/aromatic N) is 2. The second-order valence-corrected chi connectivity index (χ2v) is 3.36. The fraction of sp³-hybridized carbons (Fsp3) is 0.182. The largest absolute Gasteiger partial charge is 0.468 e. The van der Waals surface area contributed by atoms with Gasteiger partial charge in [0.15, 0.2) is 5.92 Å². The zero-order valence-electron chi connectivity index (χ0n) is 8.51. The lowest BCUT2D eigenvalue weighted by Crippen LogP contribution is -2.22. The Kier molecular flexibility index (Phi) is 2.38. The molecule has 1 aromatic carbocycles. The maximum Gasteiger partial charge on any atom is 0.357 e. The zero-order valence-corrected chi connectivity index (χ0v) is 8.51. The van der Waals surface area contributed by atoms with Crippen molar-refractivity contribution in [2.45, 2.75) is 5.92 Å². The molecule has 80 valence electrons. The second kappa shape index (κ2) is 3.72. The number of benzene rings is 1. The van der Waals surface area contributed by atoms with Crippen LogP contribution in [0.1, 0.15) is 21.8 Å². The van der Waals surface area contributed by atoms with Crippen LogP contribution in [0.4, 0.5) is 0 Å². The van der Waals surface area contributed by atoms with Crippen molar-refractivity contribution in [1.82, 2.24) is 0 Å². The SMILES string of the molecule is COC(=O)C1C(=[N+]=[N-])C(=O)c2ccccc21. The van der Waals surface area contributed by atoms with Gasteiger partial charge in [0.05, 0.1) is 7.11 Å². The molecular formula is C11H8N2O3. The molecule has 0 spiro atoms. The molecule has 0 fully saturated rings. The number of ketones is 1. The van der Waals surface area contributed by atoms with Gasteiger partial charge in [0.2, 0.25) is 0 Å². The fourth-order valence-corrected chi connectivity index (χ4v) is 1.83. The molecule has 0 saturated carbocycles. The van der Waals surface area contributed by atoms with Gasteiger partial charge in [0, 0.05) is 5.56 Å². The molecule has 1 aromatic rings. The monoisotopic (exact) mass is 216 g/mol. The van der Waals surface area contributed by atoms with Crippen LogP contribution in [0.2, 0.25) is 0 Å². The van der Waals surface area contributed by atoms with E-state index in [9.17, 15) is 9.59 Å². The number of esters is 1. The van der Waals surface area contributed by atoms with Crippen LogP contribution in [0.3, 0.4) is 0 Å². The normalized spacial score (nSPS) is 17.9. The van der Waals surface area contributed by atoms with Crippen LogP contribution in [0, 0.1) is 0 Å². The molecule has 1 atom stereocenters. The number of carbonyl (C=O) groups is 2. The van der Waals surface area contributed by atoms with Gasteiger partial charge in [-0.3, -0.25) is 9.59 Å². The Morgan fingerprint density at radius 3 is 2.75 bits per heavy atom. The lowest BCUT2D eigenvalue weighted by atomic mass is 10.0. The van der Waals surface area contributed by atoms with Crippen LogP contribution < -0.4 is 0 Å². The molecule has 0 heterocycles. The minimum absolute atomic E-state index is 0.187. The summed E-state index contributed by atoms with van der Waals surface area (Å²) < 4.78 is 4.59. The van der Waals surface area contributed by atoms with Gasteiger partial charge in [0.1, 0.15) is 0 Å². The molecular weight excluding hydrogens is 208 g/mol. The zero-order chi connectivity index (χ0) is 11.7. The average Bonchev–Trinajstić information content (AvgIpc) is 2.62. The Hall–Kier alpha value is -2.26. The second-order valence-electron chi connectivity index (χ2n) is 3.36. The first-order chi connectivity index (χ1) is 7.70. The highest BCUT2D eigenvalue weighted by molar-refractivity contribution is 6.52. The van der Waals surface area contributed by atoms with Crippen molar-refractivity contribution in [3.05, 3.63) is 40.9 Å². The van der Waals surface area contributed by atoms with Gasteiger partial charge in [-0.05, 0) is 5.56 Å². The van der Waals surface area contributed by atoms with Gasteiger partial charge in [-0.15, -0.1) is 0 Å². The average molecular weight is 216 g/mol. The van der Waals surface area contributed by atoms with Gasteiger partial charge >= 0.3 is 11.7 Å². The fourth-order valence-electron chi connectivity index (χ4n) is 1.83. The minimum atomic E-state index is -0.918. The Labute approximate surface area is 91.3 Å². The summed E-state index contributed by atoms with van der Waals surface area (Å²) >= 11 is 0. The Bertz CT molecular complexity index is 530. The molecule has 0 radical (unpaired) electrons. The Balaban J connectivity index is 2.65. The van der Waals surface area contributed by atoms with E-state index < -0.39 is 17.7 Å². The highest BCUT2D eigenvalue weighted by Gasteiger charge is 2.47. The summed E-state index contributed by atoms with van der Waals surface area (Å²) in [5.74, 6) is -1.96. The summed E-state index contributed by atoms with van der Waals surface area (Å²) in [5, 5.41) is 0. The summed E-state index contributed by atoms with van der Waals surface area (Å²) in [6.07, 6.45) is 0. The first-order valence-corrected chi connectivity index (χ1v) is 4.64. The first-order valence-electron chi connectivity index (χ1n) is 4.64. The molecule has 16 heavy (non-hydrogen) atoms. The van der Waals surface area contributed by atoms with Crippen molar-refractivity contribution in [3.63, 3.8) is 0 Å². The van der Waals surface area contributed by atoms with Crippen LogP contribution in [0.25, 0.3) is 5.53 Å². The topological polar surface area (TPSA) is 79.8 Å². The maximum atomic E-state index is 11.8. The van der Waals surface area contributed by atoms with Crippen LogP contribution in [0.5, 0.6) is 0 Å². The van der Waals surface area contributed by atoms with Crippen LogP contribution in [-0.4, -0.2) is 29.4 Å². The molecule has 0 N–H and O–H groups in total. The number of Topliss-reactive ketones (excluding diaryl/α,β-unsaturated/α-hetero) is 1. The summed E-state index contributed by atoms with van der Waals surface area (Å²) in [7, 11) is 1.22. The summed E-state index contributed by atoms with van der Waals surface area (Å²) in [6.45, 7) is 0.